The van der Waals surface area contributed by atoms with Gasteiger partial charge in [0.15, 0.2) is 23.6 Å². The molecule has 3 aromatic rings. The second-order valence-electron chi connectivity index (χ2n) is 9.86. The molecule has 6 rings (SSSR count). The van der Waals surface area contributed by atoms with Gasteiger partial charge >= 0.3 is 5.69 Å². The maximum absolute atomic E-state index is 12.9. The number of aliphatic hydroxyl groups is 2. The number of phosphoric ester groups is 2. The molecule has 4 unspecified atom stereocenters. The number of hydrogen-bond acceptors (Lipinski definition) is 18. The lowest BCUT2D eigenvalue weighted by Crippen LogP contribution is -2.39. The Morgan fingerprint density at radius 1 is 0.955 bits per heavy atom. The number of H-pyrrole nitrogens is 2. The van der Waals surface area contributed by atoms with Crippen molar-refractivity contribution in [2.24, 2.45) is 0 Å². The Labute approximate surface area is 243 Å². The highest BCUT2D eigenvalue weighted by atomic mass is 31.2. The van der Waals surface area contributed by atoms with E-state index in [1.807, 2.05) is 4.98 Å². The molecule has 3 aliphatic heterocycles. The second-order valence-corrected chi connectivity index (χ2v) is 12.6. The Hall–Kier alpha value is -3.11. The van der Waals surface area contributed by atoms with Gasteiger partial charge in [0.25, 0.3) is 26.8 Å². The fourth-order valence-electron chi connectivity index (χ4n) is 5.09. The number of hydrogen-bond donors (Lipinski definition) is 5. The number of rotatable bonds is 2. The third-order valence-electron chi connectivity index (χ3n) is 7.02. The van der Waals surface area contributed by atoms with Gasteiger partial charge in [-0.05, 0) is 0 Å². The maximum atomic E-state index is 12.9. The zero-order chi connectivity index (χ0) is 31.6. The van der Waals surface area contributed by atoms with Crippen molar-refractivity contribution in [2.75, 3.05) is 18.9 Å². The molecule has 3 saturated heterocycles. The van der Waals surface area contributed by atoms with E-state index in [9.17, 15) is 43.5 Å². The van der Waals surface area contributed by atoms with Crippen molar-refractivity contribution in [2.45, 2.75) is 55.5 Å². The highest BCUT2D eigenvalue weighted by Crippen LogP contribution is 2.50. The van der Waals surface area contributed by atoms with E-state index in [0.29, 0.717) is 0 Å². The van der Waals surface area contributed by atoms with Gasteiger partial charge < -0.3 is 53.3 Å². The van der Waals surface area contributed by atoms with Gasteiger partial charge in [0, 0.05) is 18.7 Å². The van der Waals surface area contributed by atoms with E-state index in [1.54, 1.807) is 0 Å². The molecule has 0 saturated carbocycles. The molecule has 0 bridgehead atoms. The molecule has 6 heterocycles. The zero-order valence-electron chi connectivity index (χ0n) is 21.9. The number of nitrogens with two attached hydrogens (primary N) is 1. The number of fused-ring (bicyclic) bond motifs is 3. The molecule has 10 atom stereocenters. The summed E-state index contributed by atoms with van der Waals surface area (Å²) in [6.07, 6.45) is -11.7. The van der Waals surface area contributed by atoms with E-state index in [1.165, 1.54) is 0 Å². The minimum absolute atomic E-state index is 0.151. The molecule has 3 aliphatic rings. The number of ether oxygens (including phenoxy) is 2. The van der Waals surface area contributed by atoms with Crippen LogP contribution < -0.4 is 32.3 Å². The summed E-state index contributed by atoms with van der Waals surface area (Å²) < 4.78 is 58.8. The van der Waals surface area contributed by atoms with Crippen LogP contribution in [0.15, 0.2) is 33.0 Å². The van der Waals surface area contributed by atoms with Crippen LogP contribution in [0.2, 0.25) is 0 Å². The van der Waals surface area contributed by atoms with Gasteiger partial charge in [-0.15, -0.1) is 0 Å². The van der Waals surface area contributed by atoms with E-state index in [-0.39, 0.29) is 17.1 Å². The highest BCUT2D eigenvalue weighted by Gasteiger charge is 2.50. The molecule has 3 fully saturated rings. The summed E-state index contributed by atoms with van der Waals surface area (Å²) in [7, 11) is -10.6. The number of aromatic nitrogens is 6. The molecule has 0 aliphatic carbocycles. The summed E-state index contributed by atoms with van der Waals surface area (Å²) in [6.45, 7) is -1.66. The quantitative estimate of drug-likeness (QED) is 0.163. The van der Waals surface area contributed by atoms with E-state index in [4.69, 9.17) is 33.3 Å². The van der Waals surface area contributed by atoms with Crippen LogP contribution in [0, 0.1) is 0 Å². The van der Waals surface area contributed by atoms with Crippen LogP contribution in [0.4, 0.5) is 5.95 Å². The molecule has 0 spiro atoms. The van der Waals surface area contributed by atoms with Crippen LogP contribution in [0.3, 0.4) is 0 Å². The number of phosphoric acid groups is 2. The third kappa shape index (κ3) is 5.83. The number of anilines is 1. The van der Waals surface area contributed by atoms with Crippen molar-refractivity contribution >= 4 is 32.8 Å². The van der Waals surface area contributed by atoms with Crippen molar-refractivity contribution in [1.82, 2.24) is 29.1 Å². The van der Waals surface area contributed by atoms with Gasteiger partial charge in [0.05, 0.1) is 25.6 Å². The predicted octanol–water partition coefficient (Wildman–Crippen LogP) is -4.09. The first kappa shape index (κ1) is 30.9. The number of nitrogen functional groups attached to an aromatic ring is 1. The Morgan fingerprint density at radius 2 is 1.59 bits per heavy atom. The van der Waals surface area contributed by atoms with Crippen LogP contribution in [0.5, 0.6) is 0 Å². The van der Waals surface area contributed by atoms with Crippen LogP contribution in [-0.2, 0) is 36.7 Å². The molecule has 0 radical (unpaired) electrons. The molecule has 22 nitrogen and oxygen atoms in total. The maximum Gasteiger partial charge on any atom is 0.330 e. The zero-order valence-corrected chi connectivity index (χ0v) is 23.7. The van der Waals surface area contributed by atoms with Crippen molar-refractivity contribution in [3.05, 3.63) is 49.8 Å². The van der Waals surface area contributed by atoms with Gasteiger partial charge in [-0.1, -0.05) is 0 Å². The molecular formula is C20H23N7O15P2-2. The lowest BCUT2D eigenvalue weighted by atomic mass is 10.1. The summed E-state index contributed by atoms with van der Waals surface area (Å²) in [6, 6.07) is 0.956. The average molecular weight is 663 g/mol. The van der Waals surface area contributed by atoms with Gasteiger partial charge in [-0.3, -0.25) is 37.8 Å². The summed E-state index contributed by atoms with van der Waals surface area (Å²) in [5, 5.41) is 21.9. The minimum Gasteiger partial charge on any atom is -0.756 e. The summed E-state index contributed by atoms with van der Waals surface area (Å²) in [5.74, 6) is -0.301. The number of nitrogens with zero attached hydrogens (tertiary/aromatic N) is 4. The van der Waals surface area contributed by atoms with Gasteiger partial charge in [-0.2, -0.15) is 4.98 Å². The lowest BCUT2D eigenvalue weighted by Gasteiger charge is -2.31. The monoisotopic (exact) mass is 663 g/mol. The molecule has 0 aromatic carbocycles. The molecule has 240 valence electrons. The third-order valence-corrected chi connectivity index (χ3v) is 8.99. The molecular weight excluding hydrogens is 640 g/mol. The summed E-state index contributed by atoms with van der Waals surface area (Å²) >= 11 is 0. The summed E-state index contributed by atoms with van der Waals surface area (Å²) in [5.41, 5.74) is 2.80. The van der Waals surface area contributed by atoms with E-state index >= 15 is 0 Å². The van der Waals surface area contributed by atoms with Crippen molar-refractivity contribution in [1.29, 1.82) is 0 Å². The number of nitrogens with one attached hydrogen (secondary N) is 2. The minimum atomic E-state index is -5.36. The average Bonchev–Trinajstić information content (AvgIpc) is 3.57. The first-order chi connectivity index (χ1) is 20.7. The van der Waals surface area contributed by atoms with E-state index in [0.717, 1.165) is 27.7 Å². The van der Waals surface area contributed by atoms with Crippen LogP contribution in [-0.4, -0.2) is 89.1 Å². The molecule has 6 N–H and O–H groups in total. The van der Waals surface area contributed by atoms with Gasteiger partial charge in [0.2, 0.25) is 5.95 Å². The topological polar surface area (TPSA) is 321 Å². The normalized spacial score (nSPS) is 38.4. The summed E-state index contributed by atoms with van der Waals surface area (Å²) in [4.78, 5) is 73.6. The Balaban J connectivity index is 1.28. The highest BCUT2D eigenvalue weighted by molar-refractivity contribution is 7.46. The number of aromatic amines is 2. The predicted molar refractivity (Wildman–Crippen MR) is 135 cm³/mol. The van der Waals surface area contributed by atoms with Crippen molar-refractivity contribution in [3.8, 4) is 0 Å². The standard InChI is InChI=1S/C20H25N7O15P2/c21-19-24-15-10(16(31)25-19)22-6-27(15)18-12(30)14-8(40-18)5-38-44(35,36)41-13-7(2-4-37-43(33,34)42-14)39-17(11(13)29)26-3-1-9(28)23-20(26)32/h1,3,6-8,11-14,17-18,29-30H,2,4-5H2,(H,33,34)(H,35,36)(H,23,28,32)(H3,21,24,25,31)/p-2/t7-,8+,11+,12+,13?,14?,17-,18-/m1/s1. The lowest BCUT2D eigenvalue weighted by molar-refractivity contribution is -0.237. The molecule has 0 amide bonds. The first-order valence-electron chi connectivity index (χ1n) is 12.7. The molecule has 24 heteroatoms. The Bertz CT molecular complexity index is 1840. The molecule has 3 aromatic heterocycles. The first-order valence-corrected chi connectivity index (χ1v) is 15.6. The van der Waals surface area contributed by atoms with Crippen LogP contribution in [0.25, 0.3) is 11.2 Å². The number of imidazole rings is 1. The van der Waals surface area contributed by atoms with Crippen molar-refractivity contribution < 1.29 is 56.7 Å². The Morgan fingerprint density at radius 3 is 2.30 bits per heavy atom. The fourth-order valence-corrected chi connectivity index (χ4v) is 6.98. The SMILES string of the molecule is Nc1nc2c(ncn2[C@@H]2O[C@H]3COP(=O)([O-])OC4[C@@H](CCOP(=O)([O-])OC3[C@@H]2O)O[C@@H](n2ccc(=O)[nH]c2=O)[C@H]4O)c(=O)[nH]1. The van der Waals surface area contributed by atoms with E-state index in [2.05, 4.69) is 15.0 Å². The van der Waals surface area contributed by atoms with E-state index < -0.39 is 101 Å². The van der Waals surface area contributed by atoms with Gasteiger partial charge in [0.1, 0.15) is 30.5 Å². The van der Waals surface area contributed by atoms with Gasteiger partial charge in [-0.25, -0.2) is 9.78 Å². The van der Waals surface area contributed by atoms with Crippen LogP contribution in [0.1, 0.15) is 18.9 Å². The van der Waals surface area contributed by atoms with Crippen LogP contribution >= 0.6 is 15.6 Å². The van der Waals surface area contributed by atoms with Crippen molar-refractivity contribution in [3.63, 3.8) is 0 Å². The Kier molecular flexibility index (Phi) is 7.97. The smallest absolute Gasteiger partial charge is 0.330 e. The molecule has 44 heavy (non-hydrogen) atoms. The number of aliphatic hydroxyl groups excluding tert-OH is 2. The largest absolute Gasteiger partial charge is 0.756 e. The fraction of sp³-hybridized carbons (Fsp3) is 0.550. The second kappa shape index (κ2) is 11.4.